The molecule has 0 spiro atoms. The Morgan fingerprint density at radius 3 is 2.29 bits per heavy atom. The van der Waals surface area contributed by atoms with Crippen LogP contribution >= 0.6 is 46.3 Å². The van der Waals surface area contributed by atoms with Gasteiger partial charge in [-0.1, -0.05) is 52.7 Å². The molecule has 4 rings (SSSR count). The Balaban J connectivity index is 1.79. The maximum atomic E-state index is 13.1. The van der Waals surface area contributed by atoms with E-state index in [0.29, 0.717) is 31.8 Å². The molecule has 2 heterocycles. The van der Waals surface area contributed by atoms with E-state index in [1.807, 2.05) is 19.1 Å². The normalized spacial score (nSPS) is 11.6. The van der Waals surface area contributed by atoms with Crippen LogP contribution in [0.25, 0.3) is 23.2 Å². The molecule has 140 valence electrons. The standard InChI is InChI=1S/C19H11Cl2FN4S2/c1-10-25-26-19(27-10)28-18-15(7-4-11-2-5-12(22)6-3-11)23-16-8-13(20)14(21)9-17(16)24-18/h2-9H,1H3/b7-4+. The molecule has 2 aromatic carbocycles. The molecule has 4 aromatic rings. The van der Waals surface area contributed by atoms with Gasteiger partial charge in [0.15, 0.2) is 4.34 Å². The number of benzene rings is 2. The zero-order chi connectivity index (χ0) is 19.7. The van der Waals surface area contributed by atoms with E-state index >= 15 is 0 Å². The summed E-state index contributed by atoms with van der Waals surface area (Å²) >= 11 is 15.1. The molecule has 0 unspecified atom stereocenters. The van der Waals surface area contributed by atoms with Crippen LogP contribution < -0.4 is 0 Å². The van der Waals surface area contributed by atoms with Crippen LogP contribution in [0.3, 0.4) is 0 Å². The number of rotatable bonds is 4. The van der Waals surface area contributed by atoms with Gasteiger partial charge in [-0.3, -0.25) is 0 Å². The largest absolute Gasteiger partial charge is 0.244 e. The minimum Gasteiger partial charge on any atom is -0.244 e. The van der Waals surface area contributed by atoms with Crippen molar-refractivity contribution in [2.75, 3.05) is 0 Å². The molecular formula is C19H11Cl2FN4S2. The molecule has 28 heavy (non-hydrogen) atoms. The molecule has 9 heteroatoms. The fourth-order valence-electron chi connectivity index (χ4n) is 2.38. The maximum Gasteiger partial charge on any atom is 0.180 e. The molecule has 0 aliphatic heterocycles. The van der Waals surface area contributed by atoms with Gasteiger partial charge in [0.1, 0.15) is 15.9 Å². The van der Waals surface area contributed by atoms with Crippen LogP contribution in [0.1, 0.15) is 16.3 Å². The first-order valence-electron chi connectivity index (χ1n) is 8.06. The summed E-state index contributed by atoms with van der Waals surface area (Å²) in [6.45, 7) is 1.89. The van der Waals surface area contributed by atoms with Crippen LogP contribution in [0.15, 0.2) is 45.8 Å². The van der Waals surface area contributed by atoms with Crippen LogP contribution in [0, 0.1) is 12.7 Å². The van der Waals surface area contributed by atoms with Gasteiger partial charge in [0.05, 0.1) is 26.8 Å². The molecule has 0 bridgehead atoms. The highest BCUT2D eigenvalue weighted by Crippen LogP contribution is 2.34. The number of fused-ring (bicyclic) bond motifs is 1. The molecule has 0 atom stereocenters. The fraction of sp³-hybridized carbons (Fsp3) is 0.0526. The van der Waals surface area contributed by atoms with Gasteiger partial charge in [-0.25, -0.2) is 14.4 Å². The second kappa shape index (κ2) is 8.13. The van der Waals surface area contributed by atoms with Crippen LogP contribution in [0.2, 0.25) is 10.0 Å². The number of aromatic nitrogens is 4. The summed E-state index contributed by atoms with van der Waals surface area (Å²) in [5, 5.41) is 10.6. The monoisotopic (exact) mass is 448 g/mol. The van der Waals surface area contributed by atoms with E-state index in [0.717, 1.165) is 14.9 Å². The summed E-state index contributed by atoms with van der Waals surface area (Å²) in [7, 11) is 0. The Morgan fingerprint density at radius 1 is 0.964 bits per heavy atom. The van der Waals surface area contributed by atoms with Gasteiger partial charge >= 0.3 is 0 Å². The van der Waals surface area contributed by atoms with Gasteiger partial charge < -0.3 is 0 Å². The molecule has 0 saturated heterocycles. The van der Waals surface area contributed by atoms with Crippen molar-refractivity contribution in [3.05, 3.63) is 68.5 Å². The molecule has 0 N–H and O–H groups in total. The lowest BCUT2D eigenvalue weighted by molar-refractivity contribution is 0.628. The Labute approximate surface area is 178 Å². The lowest BCUT2D eigenvalue weighted by Crippen LogP contribution is -1.93. The molecule has 0 aliphatic carbocycles. The topological polar surface area (TPSA) is 51.6 Å². The van der Waals surface area contributed by atoms with Crippen molar-refractivity contribution in [3.8, 4) is 0 Å². The highest BCUT2D eigenvalue weighted by atomic mass is 35.5. The van der Waals surface area contributed by atoms with E-state index in [-0.39, 0.29) is 5.82 Å². The average Bonchev–Trinajstić information content (AvgIpc) is 3.07. The van der Waals surface area contributed by atoms with E-state index in [1.54, 1.807) is 24.3 Å². The molecule has 4 nitrogen and oxygen atoms in total. The molecule has 0 radical (unpaired) electrons. The van der Waals surface area contributed by atoms with Crippen molar-refractivity contribution < 1.29 is 4.39 Å². The van der Waals surface area contributed by atoms with E-state index in [4.69, 9.17) is 28.2 Å². The van der Waals surface area contributed by atoms with Crippen LogP contribution in [0.5, 0.6) is 0 Å². The van der Waals surface area contributed by atoms with Crippen LogP contribution in [-0.2, 0) is 0 Å². The zero-order valence-corrected chi connectivity index (χ0v) is 17.5. The number of hydrogen-bond donors (Lipinski definition) is 0. The summed E-state index contributed by atoms with van der Waals surface area (Å²) in [6, 6.07) is 9.58. The third kappa shape index (κ3) is 4.33. The van der Waals surface area contributed by atoms with Crippen molar-refractivity contribution in [2.45, 2.75) is 16.3 Å². The van der Waals surface area contributed by atoms with Gasteiger partial charge in [0.2, 0.25) is 0 Å². The van der Waals surface area contributed by atoms with Crippen molar-refractivity contribution in [1.29, 1.82) is 0 Å². The summed E-state index contributed by atoms with van der Waals surface area (Å²) in [6.07, 6.45) is 3.68. The number of aryl methyl sites for hydroxylation is 1. The van der Waals surface area contributed by atoms with Crippen molar-refractivity contribution in [3.63, 3.8) is 0 Å². The van der Waals surface area contributed by atoms with E-state index < -0.39 is 0 Å². The van der Waals surface area contributed by atoms with Gasteiger partial charge in [-0.2, -0.15) is 0 Å². The highest BCUT2D eigenvalue weighted by molar-refractivity contribution is 8.01. The van der Waals surface area contributed by atoms with Crippen molar-refractivity contribution in [1.82, 2.24) is 20.2 Å². The van der Waals surface area contributed by atoms with Gasteiger partial charge in [-0.05, 0) is 54.6 Å². The Kier molecular flexibility index (Phi) is 5.59. The van der Waals surface area contributed by atoms with Crippen LogP contribution in [0.4, 0.5) is 4.39 Å². The van der Waals surface area contributed by atoms with E-state index in [2.05, 4.69) is 15.2 Å². The molecule has 0 saturated carbocycles. The van der Waals surface area contributed by atoms with Crippen LogP contribution in [-0.4, -0.2) is 20.2 Å². The minimum atomic E-state index is -0.281. The average molecular weight is 449 g/mol. The highest BCUT2D eigenvalue weighted by Gasteiger charge is 2.13. The Bertz CT molecular complexity index is 1190. The third-order valence-corrected chi connectivity index (χ3v) is 6.30. The summed E-state index contributed by atoms with van der Waals surface area (Å²) in [5.41, 5.74) is 2.76. The molecule has 0 amide bonds. The second-order valence-electron chi connectivity index (χ2n) is 5.74. The summed E-state index contributed by atoms with van der Waals surface area (Å²) < 4.78 is 13.9. The lowest BCUT2D eigenvalue weighted by Gasteiger charge is -2.06. The molecular weight excluding hydrogens is 438 g/mol. The number of halogens is 3. The van der Waals surface area contributed by atoms with Gasteiger partial charge in [0.25, 0.3) is 0 Å². The molecule has 0 aliphatic rings. The smallest absolute Gasteiger partial charge is 0.180 e. The predicted molar refractivity (Wildman–Crippen MR) is 114 cm³/mol. The first-order chi connectivity index (χ1) is 13.5. The summed E-state index contributed by atoms with van der Waals surface area (Å²) in [5.74, 6) is -0.281. The van der Waals surface area contributed by atoms with Gasteiger partial charge in [-0.15, -0.1) is 10.2 Å². The SMILES string of the molecule is Cc1nnc(Sc2nc3cc(Cl)c(Cl)cc3nc2/C=C/c2ccc(F)cc2)s1. The predicted octanol–water partition coefficient (Wildman–Crippen LogP) is 6.56. The van der Waals surface area contributed by atoms with E-state index in [1.165, 1.54) is 35.2 Å². The second-order valence-corrected chi connectivity index (χ2v) is 8.97. The maximum absolute atomic E-state index is 13.1. The Hall–Kier alpha value is -2.06. The fourth-order valence-corrected chi connectivity index (χ4v) is 4.49. The number of nitrogens with zero attached hydrogens (tertiary/aromatic N) is 4. The zero-order valence-electron chi connectivity index (χ0n) is 14.4. The first kappa shape index (κ1) is 19.3. The minimum absolute atomic E-state index is 0.281. The summed E-state index contributed by atoms with van der Waals surface area (Å²) in [4.78, 5) is 9.37. The van der Waals surface area contributed by atoms with Gasteiger partial charge in [0, 0.05) is 0 Å². The molecule has 0 fully saturated rings. The lowest BCUT2D eigenvalue weighted by atomic mass is 10.2. The third-order valence-electron chi connectivity index (χ3n) is 3.69. The molecule has 2 aromatic heterocycles. The Morgan fingerprint density at radius 2 is 1.64 bits per heavy atom. The van der Waals surface area contributed by atoms with Crippen molar-refractivity contribution >= 4 is 69.5 Å². The first-order valence-corrected chi connectivity index (χ1v) is 10.5. The quantitative estimate of drug-likeness (QED) is 0.353. The van der Waals surface area contributed by atoms with Crippen molar-refractivity contribution in [2.24, 2.45) is 0 Å². The number of hydrogen-bond acceptors (Lipinski definition) is 6. The van der Waals surface area contributed by atoms with E-state index in [9.17, 15) is 4.39 Å².